The molecule has 138 valence electrons. The van der Waals surface area contributed by atoms with Gasteiger partial charge in [0.15, 0.2) is 5.13 Å². The van der Waals surface area contributed by atoms with Gasteiger partial charge in [0.1, 0.15) is 10.7 Å². The molecule has 1 heterocycles. The second-order valence-electron chi connectivity index (χ2n) is 5.36. The average molecular weight is 449 g/mol. The number of amides is 1. The molecule has 0 unspecified atom stereocenters. The SMILES string of the molecule is CCOC(=O)c1sc(NC(=O)c2ccc(Br)cc2F)nc1-c1ccccc1. The lowest BCUT2D eigenvalue weighted by molar-refractivity contribution is 0.0532. The van der Waals surface area contributed by atoms with Gasteiger partial charge in [0.2, 0.25) is 0 Å². The molecule has 0 aliphatic rings. The zero-order valence-electron chi connectivity index (χ0n) is 14.2. The summed E-state index contributed by atoms with van der Waals surface area (Å²) in [4.78, 5) is 29.3. The molecule has 0 bridgehead atoms. The molecule has 0 aliphatic heterocycles. The summed E-state index contributed by atoms with van der Waals surface area (Å²) in [6.07, 6.45) is 0. The van der Waals surface area contributed by atoms with Crippen molar-refractivity contribution in [3.63, 3.8) is 0 Å². The number of ether oxygens (including phenoxy) is 1. The highest BCUT2D eigenvalue weighted by Gasteiger charge is 2.22. The number of hydrogen-bond acceptors (Lipinski definition) is 5. The van der Waals surface area contributed by atoms with E-state index >= 15 is 0 Å². The Kier molecular flexibility index (Phi) is 5.98. The summed E-state index contributed by atoms with van der Waals surface area (Å²) < 4.78 is 19.6. The molecule has 0 spiro atoms. The molecule has 27 heavy (non-hydrogen) atoms. The van der Waals surface area contributed by atoms with Gasteiger partial charge < -0.3 is 4.74 Å². The van der Waals surface area contributed by atoms with Gasteiger partial charge in [-0.2, -0.15) is 0 Å². The maximum absolute atomic E-state index is 14.0. The van der Waals surface area contributed by atoms with Crippen molar-refractivity contribution in [1.29, 1.82) is 0 Å². The molecule has 5 nitrogen and oxygen atoms in total. The van der Waals surface area contributed by atoms with Crippen molar-refractivity contribution in [1.82, 2.24) is 4.98 Å². The van der Waals surface area contributed by atoms with Gasteiger partial charge in [-0.3, -0.25) is 10.1 Å². The number of halogens is 2. The third kappa shape index (κ3) is 4.40. The number of esters is 1. The Balaban J connectivity index is 1.94. The number of anilines is 1. The Morgan fingerprint density at radius 2 is 1.96 bits per heavy atom. The first-order chi connectivity index (χ1) is 13.0. The van der Waals surface area contributed by atoms with Crippen LogP contribution in [-0.4, -0.2) is 23.5 Å². The van der Waals surface area contributed by atoms with Crippen LogP contribution in [0.3, 0.4) is 0 Å². The van der Waals surface area contributed by atoms with E-state index in [-0.39, 0.29) is 22.2 Å². The fraction of sp³-hybridized carbons (Fsp3) is 0.105. The van der Waals surface area contributed by atoms with Crippen molar-refractivity contribution in [2.24, 2.45) is 0 Å². The van der Waals surface area contributed by atoms with Gasteiger partial charge in [-0.05, 0) is 25.1 Å². The first-order valence-electron chi connectivity index (χ1n) is 7.99. The smallest absolute Gasteiger partial charge is 0.350 e. The molecule has 0 fully saturated rings. The molecule has 0 aliphatic carbocycles. The Morgan fingerprint density at radius 3 is 2.63 bits per heavy atom. The molecule has 2 aromatic carbocycles. The maximum Gasteiger partial charge on any atom is 0.350 e. The van der Waals surface area contributed by atoms with E-state index in [0.717, 1.165) is 11.3 Å². The number of hydrogen-bond donors (Lipinski definition) is 1. The van der Waals surface area contributed by atoms with Crippen molar-refractivity contribution >= 4 is 44.3 Å². The summed E-state index contributed by atoms with van der Waals surface area (Å²) in [7, 11) is 0. The van der Waals surface area contributed by atoms with Gasteiger partial charge in [0.05, 0.1) is 17.9 Å². The molecule has 1 amide bonds. The summed E-state index contributed by atoms with van der Waals surface area (Å²) >= 11 is 4.13. The van der Waals surface area contributed by atoms with Gasteiger partial charge in [0, 0.05) is 10.0 Å². The molecule has 0 saturated carbocycles. The molecule has 3 aromatic rings. The highest BCUT2D eigenvalue weighted by molar-refractivity contribution is 9.10. The summed E-state index contributed by atoms with van der Waals surface area (Å²) in [5, 5.41) is 2.74. The van der Waals surface area contributed by atoms with Crippen molar-refractivity contribution < 1.29 is 18.7 Å². The lowest BCUT2D eigenvalue weighted by atomic mass is 10.1. The number of nitrogens with zero attached hydrogens (tertiary/aromatic N) is 1. The summed E-state index contributed by atoms with van der Waals surface area (Å²) in [5.41, 5.74) is 1.00. The van der Waals surface area contributed by atoms with Gasteiger partial charge in [-0.15, -0.1) is 0 Å². The van der Waals surface area contributed by atoms with Crippen LogP contribution in [0.25, 0.3) is 11.3 Å². The van der Waals surface area contributed by atoms with Crippen LogP contribution in [0.15, 0.2) is 53.0 Å². The van der Waals surface area contributed by atoms with E-state index in [0.29, 0.717) is 15.7 Å². The third-order valence-electron chi connectivity index (χ3n) is 3.53. The summed E-state index contributed by atoms with van der Waals surface area (Å²) in [6, 6.07) is 13.2. The largest absolute Gasteiger partial charge is 0.462 e. The minimum Gasteiger partial charge on any atom is -0.462 e. The van der Waals surface area contributed by atoms with Crippen LogP contribution in [0.4, 0.5) is 9.52 Å². The molecule has 3 rings (SSSR count). The first kappa shape index (κ1) is 19.2. The van der Waals surface area contributed by atoms with Crippen LogP contribution >= 0.6 is 27.3 Å². The topological polar surface area (TPSA) is 68.3 Å². The van der Waals surface area contributed by atoms with Crippen LogP contribution in [0.5, 0.6) is 0 Å². The fourth-order valence-electron chi connectivity index (χ4n) is 2.34. The first-order valence-corrected chi connectivity index (χ1v) is 9.60. The second kappa shape index (κ2) is 8.41. The number of rotatable bonds is 5. The maximum atomic E-state index is 14.0. The lowest BCUT2D eigenvalue weighted by Crippen LogP contribution is -2.13. The minimum atomic E-state index is -0.660. The van der Waals surface area contributed by atoms with Crippen molar-refractivity contribution in [3.05, 3.63) is 69.3 Å². The van der Waals surface area contributed by atoms with Crippen LogP contribution in [0.1, 0.15) is 27.0 Å². The molecular weight excluding hydrogens is 435 g/mol. The Morgan fingerprint density at radius 1 is 1.22 bits per heavy atom. The van der Waals surface area contributed by atoms with Gasteiger partial charge in [-0.25, -0.2) is 14.2 Å². The summed E-state index contributed by atoms with van der Waals surface area (Å²) in [5.74, 6) is -1.83. The van der Waals surface area contributed by atoms with Crippen LogP contribution < -0.4 is 5.32 Å². The highest BCUT2D eigenvalue weighted by Crippen LogP contribution is 2.32. The van der Waals surface area contributed by atoms with E-state index in [9.17, 15) is 14.0 Å². The molecule has 8 heteroatoms. The third-order valence-corrected chi connectivity index (χ3v) is 4.98. The van der Waals surface area contributed by atoms with E-state index in [2.05, 4.69) is 26.2 Å². The number of nitrogens with one attached hydrogen (secondary N) is 1. The Bertz CT molecular complexity index is 992. The van der Waals surface area contributed by atoms with E-state index in [1.165, 1.54) is 12.1 Å². The summed E-state index contributed by atoms with van der Waals surface area (Å²) in [6.45, 7) is 1.93. The lowest BCUT2D eigenvalue weighted by Gasteiger charge is -2.03. The number of carbonyl (C=O) groups is 2. The average Bonchev–Trinajstić information content (AvgIpc) is 3.06. The molecule has 0 saturated heterocycles. The van der Waals surface area contributed by atoms with Gasteiger partial charge in [-0.1, -0.05) is 57.6 Å². The second-order valence-corrected chi connectivity index (χ2v) is 7.28. The monoisotopic (exact) mass is 448 g/mol. The van der Waals surface area contributed by atoms with E-state index in [1.807, 2.05) is 18.2 Å². The zero-order chi connectivity index (χ0) is 19.4. The van der Waals surface area contributed by atoms with Crippen LogP contribution in [0, 0.1) is 5.82 Å². The molecule has 1 N–H and O–H groups in total. The number of thiazole rings is 1. The zero-order valence-corrected chi connectivity index (χ0v) is 16.6. The molecule has 1 aromatic heterocycles. The predicted octanol–water partition coefficient (Wildman–Crippen LogP) is 5.14. The number of aromatic nitrogens is 1. The van der Waals surface area contributed by atoms with E-state index in [4.69, 9.17) is 4.74 Å². The van der Waals surface area contributed by atoms with E-state index in [1.54, 1.807) is 25.1 Å². The van der Waals surface area contributed by atoms with Crippen molar-refractivity contribution in [2.45, 2.75) is 6.92 Å². The van der Waals surface area contributed by atoms with Crippen LogP contribution in [0.2, 0.25) is 0 Å². The van der Waals surface area contributed by atoms with Crippen molar-refractivity contribution in [2.75, 3.05) is 11.9 Å². The van der Waals surface area contributed by atoms with Crippen molar-refractivity contribution in [3.8, 4) is 11.3 Å². The Labute approximate surface area is 167 Å². The predicted molar refractivity (Wildman–Crippen MR) is 106 cm³/mol. The number of carbonyl (C=O) groups excluding carboxylic acids is 2. The molecule has 0 atom stereocenters. The number of benzene rings is 2. The Hall–Kier alpha value is -2.58. The highest BCUT2D eigenvalue weighted by atomic mass is 79.9. The quantitative estimate of drug-likeness (QED) is 0.548. The fourth-order valence-corrected chi connectivity index (χ4v) is 3.55. The molecular formula is C19H14BrFN2O3S. The standard InChI is InChI=1S/C19H14BrFN2O3S/c1-2-26-18(25)16-15(11-6-4-3-5-7-11)22-19(27-16)23-17(24)13-9-8-12(20)10-14(13)21/h3-10H,2H2,1H3,(H,22,23,24). The van der Waals surface area contributed by atoms with Gasteiger partial charge in [0.25, 0.3) is 5.91 Å². The minimum absolute atomic E-state index is 0.118. The van der Waals surface area contributed by atoms with Gasteiger partial charge >= 0.3 is 5.97 Å². The van der Waals surface area contributed by atoms with Crippen LogP contribution in [-0.2, 0) is 4.74 Å². The normalized spacial score (nSPS) is 10.5. The molecule has 0 radical (unpaired) electrons. The van der Waals surface area contributed by atoms with E-state index < -0.39 is 17.7 Å².